The van der Waals surface area contributed by atoms with Crippen LogP contribution in [-0.4, -0.2) is 35.8 Å². The van der Waals surface area contributed by atoms with Crippen LogP contribution in [-0.2, 0) is 13.2 Å². The minimum Gasteiger partial charge on any atom is -0.339 e. The quantitative estimate of drug-likeness (QED) is 0.736. The number of aromatic nitrogens is 6. The van der Waals surface area contributed by atoms with Crippen LogP contribution in [0.25, 0.3) is 11.5 Å². The van der Waals surface area contributed by atoms with Gasteiger partial charge >= 0.3 is 6.18 Å². The third kappa shape index (κ3) is 3.93. The van der Waals surface area contributed by atoms with Crippen molar-refractivity contribution >= 4 is 5.91 Å². The highest BCUT2D eigenvalue weighted by Crippen LogP contribution is 2.28. The molecule has 1 unspecified atom stereocenters. The van der Waals surface area contributed by atoms with E-state index in [9.17, 15) is 18.0 Å². The number of amides is 1. The normalized spacial score (nSPS) is 12.8. The zero-order valence-electron chi connectivity index (χ0n) is 14.4. The molecule has 0 bridgehead atoms. The molecule has 0 aliphatic carbocycles. The summed E-state index contributed by atoms with van der Waals surface area (Å²) in [6.45, 7) is 3.33. The van der Waals surface area contributed by atoms with Crippen LogP contribution in [0.1, 0.15) is 40.7 Å². The van der Waals surface area contributed by atoms with E-state index in [-0.39, 0.29) is 17.4 Å². The van der Waals surface area contributed by atoms with Crippen molar-refractivity contribution in [2.24, 2.45) is 7.05 Å². The number of halogens is 3. The van der Waals surface area contributed by atoms with Crippen molar-refractivity contribution in [1.82, 2.24) is 35.2 Å². The molecule has 3 rings (SSSR count). The van der Waals surface area contributed by atoms with E-state index < -0.39 is 23.8 Å². The van der Waals surface area contributed by atoms with Gasteiger partial charge in [0.25, 0.3) is 5.91 Å². The fourth-order valence-electron chi connectivity index (χ4n) is 2.24. The number of nitrogens with zero attached hydrogens (tertiary/aromatic N) is 6. The Labute approximate surface area is 150 Å². The molecule has 9 nitrogen and oxygen atoms in total. The Morgan fingerprint density at radius 2 is 2.04 bits per heavy atom. The molecule has 0 aliphatic heterocycles. The zero-order chi connectivity index (χ0) is 19.8. The van der Waals surface area contributed by atoms with E-state index in [0.29, 0.717) is 17.5 Å². The number of aryl methyl sites for hydroxylation is 2. The summed E-state index contributed by atoms with van der Waals surface area (Å²) in [6.07, 6.45) is -3.29. The van der Waals surface area contributed by atoms with E-state index in [2.05, 4.69) is 30.5 Å². The number of hydrogen-bond acceptors (Lipinski definition) is 7. The second kappa shape index (κ2) is 6.78. The molecule has 12 heteroatoms. The molecule has 0 radical (unpaired) electrons. The summed E-state index contributed by atoms with van der Waals surface area (Å²) in [4.78, 5) is 24.4. The van der Waals surface area contributed by atoms with E-state index in [0.717, 1.165) is 4.68 Å². The van der Waals surface area contributed by atoms with Crippen LogP contribution in [0.5, 0.6) is 0 Å². The predicted molar refractivity (Wildman–Crippen MR) is 84.2 cm³/mol. The summed E-state index contributed by atoms with van der Waals surface area (Å²) in [6, 6.07) is 1.59. The first kappa shape index (κ1) is 18.5. The van der Waals surface area contributed by atoms with Crippen molar-refractivity contribution in [1.29, 1.82) is 0 Å². The van der Waals surface area contributed by atoms with Gasteiger partial charge in [0.2, 0.25) is 11.7 Å². The van der Waals surface area contributed by atoms with Gasteiger partial charge in [-0.25, -0.2) is 9.97 Å². The molecule has 0 saturated carbocycles. The predicted octanol–water partition coefficient (Wildman–Crippen LogP) is 2.08. The van der Waals surface area contributed by atoms with Gasteiger partial charge in [0.1, 0.15) is 23.8 Å². The van der Waals surface area contributed by atoms with Crippen molar-refractivity contribution in [3.63, 3.8) is 0 Å². The third-order valence-corrected chi connectivity index (χ3v) is 3.60. The second-order valence-corrected chi connectivity index (χ2v) is 5.73. The maximum absolute atomic E-state index is 12.7. The molecular formula is C15H14F3N7O2. The number of rotatable bonds is 4. The van der Waals surface area contributed by atoms with Crippen LogP contribution < -0.4 is 5.32 Å². The van der Waals surface area contributed by atoms with E-state index >= 15 is 0 Å². The van der Waals surface area contributed by atoms with Gasteiger partial charge in [0, 0.05) is 18.8 Å². The number of carbonyl (C=O) groups is 1. The molecule has 0 spiro atoms. The molecule has 0 saturated heterocycles. The molecule has 3 aromatic rings. The fraction of sp³-hybridized carbons (Fsp3) is 0.333. The van der Waals surface area contributed by atoms with Crippen molar-refractivity contribution in [2.75, 3.05) is 0 Å². The van der Waals surface area contributed by atoms with Crippen molar-refractivity contribution in [3.8, 4) is 11.5 Å². The molecule has 1 amide bonds. The van der Waals surface area contributed by atoms with Crippen LogP contribution in [0.3, 0.4) is 0 Å². The lowest BCUT2D eigenvalue weighted by molar-refractivity contribution is -0.141. The van der Waals surface area contributed by atoms with Gasteiger partial charge < -0.3 is 9.84 Å². The van der Waals surface area contributed by atoms with Crippen LogP contribution in [0.15, 0.2) is 23.0 Å². The summed E-state index contributed by atoms with van der Waals surface area (Å²) in [5, 5.41) is 9.59. The van der Waals surface area contributed by atoms with Crippen molar-refractivity contribution in [3.05, 3.63) is 41.4 Å². The molecule has 3 aromatic heterocycles. The average molecular weight is 381 g/mol. The largest absolute Gasteiger partial charge is 0.435 e. The Morgan fingerprint density at radius 1 is 1.30 bits per heavy atom. The molecule has 27 heavy (non-hydrogen) atoms. The smallest absolute Gasteiger partial charge is 0.339 e. The van der Waals surface area contributed by atoms with Gasteiger partial charge in [0.05, 0.1) is 0 Å². The highest BCUT2D eigenvalue weighted by atomic mass is 19.4. The first-order chi connectivity index (χ1) is 12.6. The molecule has 3 heterocycles. The first-order valence-corrected chi connectivity index (χ1v) is 7.70. The van der Waals surface area contributed by atoms with Gasteiger partial charge in [-0.2, -0.15) is 23.3 Å². The minimum atomic E-state index is -4.64. The molecular weight excluding hydrogens is 367 g/mol. The Bertz CT molecular complexity index is 980. The Kier molecular flexibility index (Phi) is 4.64. The highest BCUT2D eigenvalue weighted by Gasteiger charge is 2.35. The molecule has 1 N–H and O–H groups in total. The number of carbonyl (C=O) groups excluding carboxylic acids is 1. The van der Waals surface area contributed by atoms with Gasteiger partial charge in [-0.1, -0.05) is 5.16 Å². The SMILES string of the molecule is Cc1cc(-c2noc(C(C)NC(=O)c3cc(C(F)(F)F)nn3C)n2)ncn1. The van der Waals surface area contributed by atoms with Crippen molar-refractivity contribution in [2.45, 2.75) is 26.1 Å². The summed E-state index contributed by atoms with van der Waals surface area (Å²) in [7, 11) is 1.25. The lowest BCUT2D eigenvalue weighted by Crippen LogP contribution is -2.28. The van der Waals surface area contributed by atoms with Crippen LogP contribution in [0, 0.1) is 6.92 Å². The van der Waals surface area contributed by atoms with Crippen LogP contribution >= 0.6 is 0 Å². The fourth-order valence-corrected chi connectivity index (χ4v) is 2.24. The van der Waals surface area contributed by atoms with E-state index in [4.69, 9.17) is 4.52 Å². The van der Waals surface area contributed by atoms with E-state index in [1.165, 1.54) is 13.4 Å². The Hall–Kier alpha value is -3.31. The topological polar surface area (TPSA) is 112 Å². The maximum Gasteiger partial charge on any atom is 0.435 e. The number of hydrogen-bond donors (Lipinski definition) is 1. The van der Waals surface area contributed by atoms with Crippen molar-refractivity contribution < 1.29 is 22.5 Å². The third-order valence-electron chi connectivity index (χ3n) is 3.60. The van der Waals surface area contributed by atoms with Gasteiger partial charge in [0.15, 0.2) is 5.69 Å². The number of alkyl halides is 3. The van der Waals surface area contributed by atoms with Gasteiger partial charge in [-0.3, -0.25) is 9.48 Å². The molecule has 142 valence electrons. The van der Waals surface area contributed by atoms with Gasteiger partial charge in [-0.05, 0) is 19.9 Å². The summed E-state index contributed by atoms with van der Waals surface area (Å²) >= 11 is 0. The van der Waals surface area contributed by atoms with Crippen LogP contribution in [0.2, 0.25) is 0 Å². The molecule has 0 fully saturated rings. The monoisotopic (exact) mass is 381 g/mol. The highest BCUT2D eigenvalue weighted by molar-refractivity contribution is 5.92. The van der Waals surface area contributed by atoms with E-state index in [1.54, 1.807) is 19.9 Å². The maximum atomic E-state index is 12.7. The standard InChI is InChI=1S/C15H14F3N7O2/c1-7-4-9(20-6-19-7)12-22-14(27-24-12)8(2)21-13(26)10-5-11(15(16,17)18)23-25(10)3/h4-6,8H,1-3H3,(H,21,26). The minimum absolute atomic E-state index is 0.0767. The Balaban J connectivity index is 1.75. The summed E-state index contributed by atoms with van der Waals surface area (Å²) in [5.41, 5.74) is -0.246. The van der Waals surface area contributed by atoms with Gasteiger partial charge in [-0.15, -0.1) is 0 Å². The lowest BCUT2D eigenvalue weighted by Gasteiger charge is -2.09. The number of nitrogens with one attached hydrogen (secondary N) is 1. The zero-order valence-corrected chi connectivity index (χ0v) is 14.4. The summed E-state index contributed by atoms with van der Waals surface area (Å²) < 4.78 is 44.1. The lowest BCUT2D eigenvalue weighted by atomic mass is 10.3. The van der Waals surface area contributed by atoms with E-state index in [1.807, 2.05) is 0 Å². The van der Waals surface area contributed by atoms with Crippen LogP contribution in [0.4, 0.5) is 13.2 Å². The molecule has 0 aromatic carbocycles. The Morgan fingerprint density at radius 3 is 2.67 bits per heavy atom. The molecule has 1 atom stereocenters. The second-order valence-electron chi connectivity index (χ2n) is 5.73. The molecule has 0 aliphatic rings. The first-order valence-electron chi connectivity index (χ1n) is 7.70. The average Bonchev–Trinajstić information content (AvgIpc) is 3.21. The summed E-state index contributed by atoms with van der Waals surface area (Å²) in [5.74, 6) is -0.477.